The lowest BCUT2D eigenvalue weighted by molar-refractivity contribution is -0.118. The maximum atomic E-state index is 13.0. The Labute approximate surface area is 206 Å². The molecular weight excluding hydrogens is 444 g/mol. The summed E-state index contributed by atoms with van der Waals surface area (Å²) in [6.07, 6.45) is 8.11. The Balaban J connectivity index is 1.36. The third-order valence-corrected chi connectivity index (χ3v) is 8.14. The van der Waals surface area contributed by atoms with Crippen LogP contribution in [0.25, 0.3) is 0 Å². The van der Waals surface area contributed by atoms with Crippen molar-refractivity contribution >= 4 is 28.2 Å². The molecule has 34 heavy (non-hydrogen) atoms. The molecule has 1 aromatic heterocycles. The van der Waals surface area contributed by atoms with Crippen molar-refractivity contribution in [2.75, 3.05) is 31.5 Å². The summed E-state index contributed by atoms with van der Waals surface area (Å²) in [7, 11) is 0. The largest absolute Gasteiger partial charge is 0.339 e. The van der Waals surface area contributed by atoms with Gasteiger partial charge in [-0.3, -0.25) is 14.5 Å². The van der Waals surface area contributed by atoms with Gasteiger partial charge in [0.1, 0.15) is 11.1 Å². The van der Waals surface area contributed by atoms with Gasteiger partial charge in [-0.15, -0.1) is 11.3 Å². The van der Waals surface area contributed by atoms with Crippen molar-refractivity contribution in [1.82, 2.24) is 9.80 Å². The predicted octanol–water partition coefficient (Wildman–Crippen LogP) is 4.84. The number of thiophene rings is 1. The predicted molar refractivity (Wildman–Crippen MR) is 136 cm³/mol. The van der Waals surface area contributed by atoms with Crippen LogP contribution in [-0.2, 0) is 17.6 Å². The minimum atomic E-state index is -0.0517. The zero-order valence-electron chi connectivity index (χ0n) is 20.0. The molecule has 1 aromatic carbocycles. The Morgan fingerprint density at radius 3 is 2.59 bits per heavy atom. The van der Waals surface area contributed by atoms with E-state index in [0.717, 1.165) is 67.6 Å². The lowest BCUT2D eigenvalue weighted by Gasteiger charge is -2.38. The molecule has 1 N–H and O–H groups in total. The molecule has 0 saturated carbocycles. The van der Waals surface area contributed by atoms with Gasteiger partial charge in [-0.25, -0.2) is 0 Å². The van der Waals surface area contributed by atoms with E-state index in [4.69, 9.17) is 0 Å². The second-order valence-corrected chi connectivity index (χ2v) is 10.4. The molecule has 0 unspecified atom stereocenters. The van der Waals surface area contributed by atoms with Crippen molar-refractivity contribution in [1.29, 1.82) is 5.26 Å². The quantitative estimate of drug-likeness (QED) is 0.578. The highest BCUT2D eigenvalue weighted by Gasteiger charge is 2.29. The number of nitrogens with zero attached hydrogens (tertiary/aromatic N) is 3. The standard InChI is InChI=1S/C27H34N4O2S/c1-2-15-31(21-13-16-30(17-14-21)27(33)20-9-5-3-6-10-20)19-25(32)29-26-23(18-28)22-11-7-4-8-12-24(22)34-26/h3,5-6,9-10,21H,2,4,7-8,11-17,19H2,1H3,(H,29,32). The first kappa shape index (κ1) is 24.4. The molecule has 0 atom stereocenters. The molecule has 1 aliphatic heterocycles. The third kappa shape index (κ3) is 5.68. The molecule has 2 aromatic rings. The monoisotopic (exact) mass is 478 g/mol. The van der Waals surface area contributed by atoms with Crippen molar-refractivity contribution in [2.24, 2.45) is 0 Å². The number of carbonyl (C=O) groups excluding carboxylic acids is 2. The zero-order chi connectivity index (χ0) is 23.9. The Morgan fingerprint density at radius 2 is 1.88 bits per heavy atom. The first-order valence-electron chi connectivity index (χ1n) is 12.5. The molecule has 1 aliphatic carbocycles. The van der Waals surface area contributed by atoms with Gasteiger partial charge >= 0.3 is 0 Å². The number of aryl methyl sites for hydroxylation is 1. The number of likely N-dealkylation sites (tertiary alicyclic amines) is 1. The van der Waals surface area contributed by atoms with Gasteiger partial charge in [-0.1, -0.05) is 31.5 Å². The number of carbonyl (C=O) groups is 2. The van der Waals surface area contributed by atoms with Crippen LogP contribution in [0.4, 0.5) is 5.00 Å². The number of hydrogen-bond donors (Lipinski definition) is 1. The summed E-state index contributed by atoms with van der Waals surface area (Å²) in [6.45, 7) is 4.70. The van der Waals surface area contributed by atoms with E-state index in [0.29, 0.717) is 25.2 Å². The summed E-state index contributed by atoms with van der Waals surface area (Å²) in [4.78, 5) is 31.2. The van der Waals surface area contributed by atoms with Gasteiger partial charge in [0, 0.05) is 29.6 Å². The fraction of sp³-hybridized carbons (Fsp3) is 0.519. The van der Waals surface area contributed by atoms with Crippen LogP contribution >= 0.6 is 11.3 Å². The number of anilines is 1. The molecule has 7 heteroatoms. The van der Waals surface area contributed by atoms with E-state index in [1.807, 2.05) is 35.2 Å². The van der Waals surface area contributed by atoms with Crippen molar-refractivity contribution in [3.8, 4) is 6.07 Å². The van der Waals surface area contributed by atoms with Gasteiger partial charge in [0.2, 0.25) is 5.91 Å². The van der Waals surface area contributed by atoms with Gasteiger partial charge in [-0.05, 0) is 69.2 Å². The van der Waals surface area contributed by atoms with Crippen molar-refractivity contribution < 1.29 is 9.59 Å². The number of rotatable bonds is 7. The summed E-state index contributed by atoms with van der Waals surface area (Å²) < 4.78 is 0. The zero-order valence-corrected chi connectivity index (χ0v) is 20.8. The second-order valence-electron chi connectivity index (χ2n) is 9.29. The molecule has 2 aliphatic rings. The van der Waals surface area contributed by atoms with Gasteiger partial charge < -0.3 is 10.2 Å². The van der Waals surface area contributed by atoms with E-state index in [9.17, 15) is 14.9 Å². The summed E-state index contributed by atoms with van der Waals surface area (Å²) >= 11 is 1.59. The maximum Gasteiger partial charge on any atom is 0.253 e. The number of nitriles is 1. The lowest BCUT2D eigenvalue weighted by atomic mass is 10.0. The van der Waals surface area contributed by atoms with E-state index in [1.165, 1.54) is 11.3 Å². The third-order valence-electron chi connectivity index (χ3n) is 6.93. The Bertz CT molecular complexity index is 1030. The van der Waals surface area contributed by atoms with E-state index in [1.54, 1.807) is 11.3 Å². The van der Waals surface area contributed by atoms with Crippen LogP contribution in [0, 0.1) is 11.3 Å². The normalized spacial score (nSPS) is 16.6. The minimum Gasteiger partial charge on any atom is -0.339 e. The van der Waals surface area contributed by atoms with Crippen LogP contribution in [-0.4, -0.2) is 53.8 Å². The SMILES string of the molecule is CCCN(CC(=O)Nc1sc2c(c1C#N)CCCCC2)C1CCN(C(=O)c2ccccc2)CC1. The fourth-order valence-electron chi connectivity index (χ4n) is 5.17. The Hall–Kier alpha value is -2.69. The van der Waals surface area contributed by atoms with E-state index >= 15 is 0 Å². The summed E-state index contributed by atoms with van der Waals surface area (Å²) in [5, 5.41) is 13.5. The van der Waals surface area contributed by atoms with Crippen LogP contribution in [0.15, 0.2) is 30.3 Å². The molecule has 1 saturated heterocycles. The molecular formula is C27H34N4O2S. The second kappa shape index (κ2) is 11.6. The van der Waals surface area contributed by atoms with E-state index in [-0.39, 0.29) is 17.9 Å². The molecule has 180 valence electrons. The van der Waals surface area contributed by atoms with Crippen molar-refractivity contribution in [3.63, 3.8) is 0 Å². The topological polar surface area (TPSA) is 76.4 Å². The molecule has 2 heterocycles. The van der Waals surface area contributed by atoms with Crippen LogP contribution < -0.4 is 5.32 Å². The number of nitrogens with one attached hydrogen (secondary N) is 1. The van der Waals surface area contributed by atoms with Gasteiger partial charge in [0.05, 0.1) is 12.1 Å². The molecule has 0 bridgehead atoms. The highest BCUT2D eigenvalue weighted by Crippen LogP contribution is 2.37. The molecule has 0 radical (unpaired) electrons. The van der Waals surface area contributed by atoms with Gasteiger partial charge in [0.25, 0.3) is 5.91 Å². The van der Waals surface area contributed by atoms with E-state index in [2.05, 4.69) is 23.2 Å². The first-order chi connectivity index (χ1) is 16.6. The van der Waals surface area contributed by atoms with Crippen LogP contribution in [0.3, 0.4) is 0 Å². The number of amides is 2. The number of fused-ring (bicyclic) bond motifs is 1. The first-order valence-corrected chi connectivity index (χ1v) is 13.3. The molecule has 4 rings (SSSR count). The van der Waals surface area contributed by atoms with Gasteiger partial charge in [0.15, 0.2) is 0 Å². The van der Waals surface area contributed by atoms with Crippen LogP contribution in [0.1, 0.15) is 71.8 Å². The van der Waals surface area contributed by atoms with Crippen molar-refractivity contribution in [2.45, 2.75) is 64.3 Å². The van der Waals surface area contributed by atoms with Crippen LogP contribution in [0.2, 0.25) is 0 Å². The highest BCUT2D eigenvalue weighted by atomic mass is 32.1. The highest BCUT2D eigenvalue weighted by molar-refractivity contribution is 7.16. The lowest BCUT2D eigenvalue weighted by Crippen LogP contribution is -2.49. The van der Waals surface area contributed by atoms with E-state index < -0.39 is 0 Å². The van der Waals surface area contributed by atoms with Crippen molar-refractivity contribution in [3.05, 3.63) is 51.9 Å². The van der Waals surface area contributed by atoms with Crippen LogP contribution in [0.5, 0.6) is 0 Å². The number of piperidine rings is 1. The molecule has 6 nitrogen and oxygen atoms in total. The smallest absolute Gasteiger partial charge is 0.253 e. The molecule has 2 amide bonds. The Kier molecular flexibility index (Phi) is 8.36. The summed E-state index contributed by atoms with van der Waals surface area (Å²) in [5.41, 5.74) is 2.56. The summed E-state index contributed by atoms with van der Waals surface area (Å²) in [5.74, 6) is 0.0319. The fourth-order valence-corrected chi connectivity index (χ4v) is 6.43. The minimum absolute atomic E-state index is 0.0517. The molecule has 1 fully saturated rings. The number of hydrogen-bond acceptors (Lipinski definition) is 5. The Morgan fingerprint density at radius 1 is 1.15 bits per heavy atom. The molecule has 0 spiro atoms. The number of benzene rings is 1. The average molecular weight is 479 g/mol. The maximum absolute atomic E-state index is 13.0. The summed E-state index contributed by atoms with van der Waals surface area (Å²) in [6, 6.07) is 12.1. The van der Waals surface area contributed by atoms with Gasteiger partial charge in [-0.2, -0.15) is 5.26 Å². The average Bonchev–Trinajstić information content (AvgIpc) is 3.02.